The normalized spacial score (nSPS) is 16.3. The van der Waals surface area contributed by atoms with Crippen molar-refractivity contribution in [3.8, 4) is 0 Å². The highest BCUT2D eigenvalue weighted by Gasteiger charge is 2.34. The van der Waals surface area contributed by atoms with E-state index < -0.39 is 10.0 Å². The molecule has 3 rings (SSSR count). The van der Waals surface area contributed by atoms with Gasteiger partial charge >= 0.3 is 0 Å². The Morgan fingerprint density at radius 2 is 1.70 bits per heavy atom. The Hall–Kier alpha value is -1.99. The van der Waals surface area contributed by atoms with E-state index in [2.05, 4.69) is 9.71 Å². The molecule has 1 N–H and O–H groups in total. The van der Waals surface area contributed by atoms with E-state index in [0.717, 1.165) is 4.90 Å². The van der Waals surface area contributed by atoms with Gasteiger partial charge in [-0.25, -0.2) is 17.7 Å². The van der Waals surface area contributed by atoms with E-state index in [1.165, 1.54) is 16.3 Å². The van der Waals surface area contributed by atoms with E-state index in [1.807, 2.05) is 32.0 Å². The maximum Gasteiger partial charge on any atom is 0.271 e. The van der Waals surface area contributed by atoms with Gasteiger partial charge in [0.2, 0.25) is 5.96 Å². The summed E-state index contributed by atoms with van der Waals surface area (Å²) in [5.41, 5.74) is 0.611. The number of anilines is 1. The number of hydrogen-bond donors (Lipinski definition) is 1. The second-order valence-electron chi connectivity index (χ2n) is 5.30. The molecule has 1 aliphatic heterocycles. The predicted octanol–water partition coefficient (Wildman–Crippen LogP) is 3.26. The fraction of sp³-hybridized carbons (Fsp3) is 0.188. The van der Waals surface area contributed by atoms with Crippen LogP contribution in [0.3, 0.4) is 0 Å². The van der Waals surface area contributed by atoms with Gasteiger partial charge in [-0.15, -0.1) is 0 Å². The molecule has 1 heterocycles. The Kier molecular flexibility index (Phi) is 4.32. The number of rotatable bonds is 3. The zero-order valence-corrected chi connectivity index (χ0v) is 14.4. The highest BCUT2D eigenvalue weighted by Crippen LogP contribution is 2.36. The van der Waals surface area contributed by atoms with Gasteiger partial charge in [0, 0.05) is 6.04 Å². The number of hydrogen-bond acceptors (Lipinski definition) is 4. The lowest BCUT2D eigenvalue weighted by Crippen LogP contribution is -2.46. The maximum atomic E-state index is 13.1. The molecular formula is C16H17N3O2S2. The molecule has 0 aliphatic carbocycles. The first-order chi connectivity index (χ1) is 11.0. The molecule has 23 heavy (non-hydrogen) atoms. The molecule has 0 saturated carbocycles. The highest BCUT2D eigenvalue weighted by atomic mass is 32.2. The molecule has 7 heteroatoms. The molecule has 0 bridgehead atoms. The van der Waals surface area contributed by atoms with Crippen LogP contribution in [0.5, 0.6) is 0 Å². The van der Waals surface area contributed by atoms with Crippen LogP contribution >= 0.6 is 11.9 Å². The predicted molar refractivity (Wildman–Crippen MR) is 94.1 cm³/mol. The number of nitrogens with one attached hydrogen (secondary N) is 1. The molecule has 0 saturated heterocycles. The van der Waals surface area contributed by atoms with Crippen molar-refractivity contribution in [2.45, 2.75) is 29.7 Å². The zero-order valence-electron chi connectivity index (χ0n) is 12.8. The largest absolute Gasteiger partial charge is 0.295 e. The summed E-state index contributed by atoms with van der Waals surface area (Å²) in [7, 11) is -3.74. The summed E-state index contributed by atoms with van der Waals surface area (Å²) in [5, 5.41) is 0. The molecule has 0 unspecified atom stereocenters. The van der Waals surface area contributed by atoms with Gasteiger partial charge in [0.05, 0.1) is 15.5 Å². The van der Waals surface area contributed by atoms with Crippen molar-refractivity contribution in [3.05, 3.63) is 54.6 Å². The van der Waals surface area contributed by atoms with E-state index in [1.54, 1.807) is 36.4 Å². The number of para-hydroxylation sites is 1. The van der Waals surface area contributed by atoms with Crippen LogP contribution in [0.2, 0.25) is 0 Å². The number of sulfonamides is 1. The molecule has 0 fully saturated rings. The molecule has 120 valence electrons. The summed E-state index contributed by atoms with van der Waals surface area (Å²) < 4.78 is 30.6. The van der Waals surface area contributed by atoms with Crippen molar-refractivity contribution >= 4 is 33.6 Å². The van der Waals surface area contributed by atoms with Gasteiger partial charge in [0.25, 0.3) is 10.0 Å². The Balaban J connectivity index is 2.19. The van der Waals surface area contributed by atoms with Crippen LogP contribution < -0.4 is 9.03 Å². The van der Waals surface area contributed by atoms with E-state index in [-0.39, 0.29) is 10.9 Å². The summed E-state index contributed by atoms with van der Waals surface area (Å²) in [4.78, 5) is 5.52. The average Bonchev–Trinajstić information content (AvgIpc) is 2.54. The van der Waals surface area contributed by atoms with Gasteiger partial charge in [-0.2, -0.15) is 0 Å². The Morgan fingerprint density at radius 1 is 1.04 bits per heavy atom. The molecule has 0 aromatic heterocycles. The Labute approximate surface area is 140 Å². The van der Waals surface area contributed by atoms with Gasteiger partial charge < -0.3 is 0 Å². The molecule has 0 spiro atoms. The van der Waals surface area contributed by atoms with Crippen LogP contribution in [0.25, 0.3) is 0 Å². The molecule has 2 aromatic carbocycles. The third-order valence-electron chi connectivity index (χ3n) is 3.19. The molecular weight excluding hydrogens is 330 g/mol. The smallest absolute Gasteiger partial charge is 0.271 e. The molecule has 5 nitrogen and oxygen atoms in total. The summed E-state index contributed by atoms with van der Waals surface area (Å²) in [5.74, 6) is 0.326. The van der Waals surface area contributed by atoms with E-state index in [4.69, 9.17) is 0 Å². The summed E-state index contributed by atoms with van der Waals surface area (Å²) in [6, 6.07) is 15.7. The van der Waals surface area contributed by atoms with E-state index >= 15 is 0 Å². The molecule has 2 aromatic rings. The minimum Gasteiger partial charge on any atom is -0.295 e. The van der Waals surface area contributed by atoms with Crippen molar-refractivity contribution in [3.63, 3.8) is 0 Å². The number of aliphatic imine (C=N–C) groups is 1. The van der Waals surface area contributed by atoms with Crippen LogP contribution in [-0.2, 0) is 10.0 Å². The molecule has 1 aliphatic rings. The third-order valence-corrected chi connectivity index (χ3v) is 5.76. The second-order valence-corrected chi connectivity index (χ2v) is 7.94. The van der Waals surface area contributed by atoms with Crippen LogP contribution in [0.4, 0.5) is 5.69 Å². The minimum atomic E-state index is -3.74. The van der Waals surface area contributed by atoms with Crippen LogP contribution in [0.15, 0.2) is 69.4 Å². The quantitative estimate of drug-likeness (QED) is 0.866. The van der Waals surface area contributed by atoms with E-state index in [0.29, 0.717) is 11.6 Å². The summed E-state index contributed by atoms with van der Waals surface area (Å²) in [6.07, 6.45) is 0. The van der Waals surface area contributed by atoms with Crippen molar-refractivity contribution in [1.82, 2.24) is 4.72 Å². The Bertz CT molecular complexity index is 833. The first kappa shape index (κ1) is 15.9. The van der Waals surface area contributed by atoms with Crippen molar-refractivity contribution in [2.24, 2.45) is 4.99 Å². The van der Waals surface area contributed by atoms with Crippen molar-refractivity contribution < 1.29 is 8.42 Å². The number of benzene rings is 2. The van der Waals surface area contributed by atoms with Gasteiger partial charge in [-0.3, -0.25) is 4.72 Å². The lowest BCUT2D eigenvalue weighted by Gasteiger charge is -2.31. The summed E-state index contributed by atoms with van der Waals surface area (Å²) in [6.45, 7) is 3.82. The fourth-order valence-corrected chi connectivity index (χ4v) is 4.55. The van der Waals surface area contributed by atoms with Gasteiger partial charge in [-0.05, 0) is 50.1 Å². The third kappa shape index (κ3) is 3.07. The topological polar surface area (TPSA) is 61.8 Å². The lowest BCUT2D eigenvalue weighted by atomic mass is 10.3. The first-order valence-electron chi connectivity index (χ1n) is 7.20. The van der Waals surface area contributed by atoms with Gasteiger partial charge in [0.1, 0.15) is 0 Å². The Morgan fingerprint density at radius 3 is 2.39 bits per heavy atom. The highest BCUT2D eigenvalue weighted by molar-refractivity contribution is 7.99. The zero-order chi connectivity index (χ0) is 16.4. The SMILES string of the molecule is CC(C)N=C1NSc2ccccc2N1S(=O)(=O)c1ccccc1. The molecule has 0 atom stereocenters. The lowest BCUT2D eigenvalue weighted by molar-refractivity contribution is 0.596. The van der Waals surface area contributed by atoms with Gasteiger partial charge in [-0.1, -0.05) is 30.3 Å². The van der Waals surface area contributed by atoms with Crippen molar-refractivity contribution in [2.75, 3.05) is 4.31 Å². The van der Waals surface area contributed by atoms with Crippen LogP contribution in [0, 0.1) is 0 Å². The summed E-state index contributed by atoms with van der Waals surface area (Å²) >= 11 is 1.37. The molecule has 0 radical (unpaired) electrons. The average molecular weight is 347 g/mol. The molecule has 0 amide bonds. The first-order valence-corrected chi connectivity index (χ1v) is 9.46. The number of nitrogens with zero attached hydrogens (tertiary/aromatic N) is 2. The number of guanidine groups is 1. The maximum absolute atomic E-state index is 13.1. The second kappa shape index (κ2) is 6.25. The standard InChI is InChI=1S/C16H17N3O2S2/c1-12(2)17-16-18-22-15-11-7-6-10-14(15)19(16)23(20,21)13-8-4-3-5-9-13/h3-12H,1-2H3,(H,17,18). The van der Waals surface area contributed by atoms with Crippen molar-refractivity contribution in [1.29, 1.82) is 0 Å². The monoisotopic (exact) mass is 347 g/mol. The van der Waals surface area contributed by atoms with Crippen LogP contribution in [0.1, 0.15) is 13.8 Å². The fourth-order valence-electron chi connectivity index (χ4n) is 2.23. The van der Waals surface area contributed by atoms with Crippen LogP contribution in [-0.4, -0.2) is 20.4 Å². The van der Waals surface area contributed by atoms with E-state index in [9.17, 15) is 8.42 Å². The minimum absolute atomic E-state index is 0.0307. The number of fused-ring (bicyclic) bond motifs is 1. The van der Waals surface area contributed by atoms with Gasteiger partial charge in [0.15, 0.2) is 0 Å².